The molecule has 1 unspecified atom stereocenters. The molecule has 0 aromatic rings. The minimum absolute atomic E-state index is 0.296. The zero-order valence-corrected chi connectivity index (χ0v) is 15.3. The molecule has 4 aliphatic rings. The molecule has 0 spiro atoms. The second-order valence-corrected chi connectivity index (χ2v) is 8.99. The number of carboxylic acids is 1. The summed E-state index contributed by atoms with van der Waals surface area (Å²) in [7, 11) is 0. The van der Waals surface area contributed by atoms with Crippen molar-refractivity contribution in [2.24, 2.45) is 17.3 Å². The molecule has 2 aliphatic heterocycles. The van der Waals surface area contributed by atoms with Crippen LogP contribution in [0, 0.1) is 17.3 Å². The van der Waals surface area contributed by atoms with Crippen molar-refractivity contribution in [1.82, 2.24) is 9.80 Å². The number of rotatable bonds is 5. The lowest BCUT2D eigenvalue weighted by Crippen LogP contribution is -2.55. The lowest BCUT2D eigenvalue weighted by molar-refractivity contribution is -0.154. The minimum atomic E-state index is -0.582. The Labute approximate surface area is 150 Å². The van der Waals surface area contributed by atoms with Gasteiger partial charge in [0.25, 0.3) is 0 Å². The van der Waals surface area contributed by atoms with E-state index < -0.39 is 11.4 Å². The number of carboxylic acid groups (broad SMARTS) is 1. The van der Waals surface area contributed by atoms with Crippen molar-refractivity contribution in [3.05, 3.63) is 0 Å². The molecule has 2 aliphatic carbocycles. The van der Waals surface area contributed by atoms with Crippen molar-refractivity contribution >= 4 is 11.9 Å². The fourth-order valence-corrected chi connectivity index (χ4v) is 5.15. The van der Waals surface area contributed by atoms with Crippen LogP contribution < -0.4 is 0 Å². The maximum atomic E-state index is 12.4. The van der Waals surface area contributed by atoms with Gasteiger partial charge in [0.05, 0.1) is 5.41 Å². The number of likely N-dealkylation sites (tertiary alicyclic amines) is 2. The van der Waals surface area contributed by atoms with E-state index in [0.29, 0.717) is 23.8 Å². The lowest BCUT2D eigenvalue weighted by Gasteiger charge is -2.46. The molecule has 140 valence electrons. The third-order valence-electron chi connectivity index (χ3n) is 7.18. The number of carbonyl (C=O) groups is 2. The number of amides is 1. The van der Waals surface area contributed by atoms with E-state index in [1.165, 1.54) is 19.3 Å². The van der Waals surface area contributed by atoms with E-state index in [2.05, 4.69) is 9.80 Å². The molecule has 5 heteroatoms. The monoisotopic (exact) mass is 348 g/mol. The van der Waals surface area contributed by atoms with E-state index >= 15 is 0 Å². The Morgan fingerprint density at radius 1 is 0.960 bits per heavy atom. The van der Waals surface area contributed by atoms with Crippen molar-refractivity contribution in [3.8, 4) is 0 Å². The zero-order chi connectivity index (χ0) is 17.4. The van der Waals surface area contributed by atoms with Gasteiger partial charge in [-0.25, -0.2) is 0 Å². The summed E-state index contributed by atoms with van der Waals surface area (Å²) in [5.41, 5.74) is -0.516. The summed E-state index contributed by atoms with van der Waals surface area (Å²) in [6, 6.07) is 0.462. The first-order valence-electron chi connectivity index (χ1n) is 10.3. The molecule has 5 nitrogen and oxygen atoms in total. The van der Waals surface area contributed by atoms with Crippen LogP contribution in [0.4, 0.5) is 0 Å². The Hall–Kier alpha value is -1.10. The molecule has 25 heavy (non-hydrogen) atoms. The summed E-state index contributed by atoms with van der Waals surface area (Å²) in [6.07, 6.45) is 10.5. The molecule has 0 aromatic heterocycles. The minimum Gasteiger partial charge on any atom is -0.481 e. The summed E-state index contributed by atoms with van der Waals surface area (Å²) in [4.78, 5) is 29.0. The Morgan fingerprint density at radius 2 is 1.68 bits per heavy atom. The summed E-state index contributed by atoms with van der Waals surface area (Å²) in [6.45, 7) is 3.47. The molecule has 1 N–H and O–H groups in total. The maximum Gasteiger partial charge on any atom is 0.310 e. The topological polar surface area (TPSA) is 60.9 Å². The van der Waals surface area contributed by atoms with E-state index in [0.717, 1.165) is 71.1 Å². The molecule has 0 aromatic carbocycles. The summed E-state index contributed by atoms with van der Waals surface area (Å²) < 4.78 is 0. The quantitative estimate of drug-likeness (QED) is 0.830. The van der Waals surface area contributed by atoms with Gasteiger partial charge in [-0.3, -0.25) is 14.5 Å². The highest BCUT2D eigenvalue weighted by Crippen LogP contribution is 2.45. The van der Waals surface area contributed by atoms with Gasteiger partial charge in [0.1, 0.15) is 0 Å². The largest absolute Gasteiger partial charge is 0.481 e. The van der Waals surface area contributed by atoms with E-state index in [1.807, 2.05) is 0 Å². The summed E-state index contributed by atoms with van der Waals surface area (Å²) >= 11 is 0. The summed E-state index contributed by atoms with van der Waals surface area (Å²) in [5, 5.41) is 9.91. The predicted molar refractivity (Wildman–Crippen MR) is 95.2 cm³/mol. The standard InChI is InChI=1S/C20H32N2O3/c23-18(16-3-1-4-16)21-11-7-17(8-12-21)22-10-2-9-20(14-22,19(24)25)13-15-5-6-15/h15-17H,1-14H2,(H,24,25). The van der Waals surface area contributed by atoms with Crippen LogP contribution >= 0.6 is 0 Å². The molecule has 4 fully saturated rings. The number of carbonyl (C=O) groups excluding carboxylic acids is 1. The highest BCUT2D eigenvalue weighted by Gasteiger charge is 2.47. The van der Waals surface area contributed by atoms with Crippen molar-refractivity contribution in [3.63, 3.8) is 0 Å². The van der Waals surface area contributed by atoms with Crippen LogP contribution in [0.3, 0.4) is 0 Å². The van der Waals surface area contributed by atoms with Gasteiger partial charge in [0, 0.05) is 31.6 Å². The Balaban J connectivity index is 1.34. The number of hydrogen-bond donors (Lipinski definition) is 1. The van der Waals surface area contributed by atoms with Crippen LogP contribution in [0.15, 0.2) is 0 Å². The van der Waals surface area contributed by atoms with Crippen molar-refractivity contribution in [2.75, 3.05) is 26.2 Å². The zero-order valence-electron chi connectivity index (χ0n) is 15.3. The molecule has 0 radical (unpaired) electrons. The lowest BCUT2D eigenvalue weighted by atomic mass is 9.75. The Bertz CT molecular complexity index is 521. The van der Waals surface area contributed by atoms with Crippen molar-refractivity contribution in [2.45, 2.75) is 70.3 Å². The molecule has 4 rings (SSSR count). The number of aliphatic carboxylic acids is 1. The molecule has 2 saturated carbocycles. The van der Waals surface area contributed by atoms with Gasteiger partial charge in [-0.2, -0.15) is 0 Å². The third-order valence-corrected chi connectivity index (χ3v) is 7.18. The highest BCUT2D eigenvalue weighted by atomic mass is 16.4. The maximum absolute atomic E-state index is 12.4. The summed E-state index contributed by atoms with van der Waals surface area (Å²) in [5.74, 6) is 0.737. The second kappa shape index (κ2) is 6.90. The Morgan fingerprint density at radius 3 is 2.24 bits per heavy atom. The van der Waals surface area contributed by atoms with Crippen LogP contribution in [0.1, 0.15) is 64.2 Å². The van der Waals surface area contributed by atoms with Crippen LogP contribution in [0.2, 0.25) is 0 Å². The fourth-order valence-electron chi connectivity index (χ4n) is 5.15. The molecule has 2 saturated heterocycles. The van der Waals surface area contributed by atoms with E-state index in [9.17, 15) is 14.7 Å². The van der Waals surface area contributed by atoms with Crippen molar-refractivity contribution in [1.29, 1.82) is 0 Å². The fraction of sp³-hybridized carbons (Fsp3) is 0.900. The Kier molecular flexibility index (Phi) is 4.78. The van der Waals surface area contributed by atoms with Crippen LogP contribution in [0.25, 0.3) is 0 Å². The first kappa shape index (κ1) is 17.3. The average molecular weight is 348 g/mol. The van der Waals surface area contributed by atoms with Gasteiger partial charge in [0.15, 0.2) is 0 Å². The molecule has 1 atom stereocenters. The second-order valence-electron chi connectivity index (χ2n) is 8.99. The van der Waals surface area contributed by atoms with E-state index in [1.54, 1.807) is 0 Å². The van der Waals surface area contributed by atoms with Crippen molar-refractivity contribution < 1.29 is 14.7 Å². The first-order chi connectivity index (χ1) is 12.1. The van der Waals surface area contributed by atoms with Gasteiger partial charge in [-0.05, 0) is 57.4 Å². The SMILES string of the molecule is O=C(C1CCC1)N1CCC(N2CCCC(CC3CC3)(C(=O)O)C2)CC1. The average Bonchev–Trinajstić information content (AvgIpc) is 3.37. The molecular formula is C20H32N2O3. The van der Waals surface area contributed by atoms with Gasteiger partial charge < -0.3 is 10.0 Å². The number of nitrogens with zero attached hydrogens (tertiary/aromatic N) is 2. The van der Waals surface area contributed by atoms with Crippen LogP contribution in [0.5, 0.6) is 0 Å². The van der Waals surface area contributed by atoms with Gasteiger partial charge >= 0.3 is 5.97 Å². The molecular weight excluding hydrogens is 316 g/mol. The molecule has 1 amide bonds. The number of piperidine rings is 2. The smallest absolute Gasteiger partial charge is 0.310 e. The van der Waals surface area contributed by atoms with E-state index in [-0.39, 0.29) is 0 Å². The highest BCUT2D eigenvalue weighted by molar-refractivity contribution is 5.79. The van der Waals surface area contributed by atoms with Crippen LogP contribution in [-0.2, 0) is 9.59 Å². The first-order valence-corrected chi connectivity index (χ1v) is 10.3. The van der Waals surface area contributed by atoms with Gasteiger partial charge in [-0.1, -0.05) is 19.3 Å². The predicted octanol–water partition coefficient (Wildman–Crippen LogP) is 2.74. The number of hydrogen-bond acceptors (Lipinski definition) is 3. The third kappa shape index (κ3) is 3.57. The molecule has 2 heterocycles. The van der Waals surface area contributed by atoms with Gasteiger partial charge in [0.2, 0.25) is 5.91 Å². The van der Waals surface area contributed by atoms with Gasteiger partial charge in [-0.15, -0.1) is 0 Å². The van der Waals surface area contributed by atoms with Crippen LogP contribution in [-0.4, -0.2) is 59.0 Å². The normalized spacial score (nSPS) is 32.4. The van der Waals surface area contributed by atoms with E-state index in [4.69, 9.17) is 0 Å². The molecule has 0 bridgehead atoms.